The molecule has 0 aromatic heterocycles. The van der Waals surface area contributed by atoms with Crippen LogP contribution < -0.4 is 0 Å². The summed E-state index contributed by atoms with van der Waals surface area (Å²) < 4.78 is -0.717. The number of rotatable bonds is 1. The van der Waals surface area contributed by atoms with Crippen LogP contribution in [0.4, 0.5) is 0 Å². The number of carbonyl (C=O) groups is 1. The quantitative estimate of drug-likeness (QED) is 0.442. The molecule has 1 aliphatic rings. The van der Waals surface area contributed by atoms with E-state index in [9.17, 15) is 4.79 Å². The lowest BCUT2D eigenvalue weighted by molar-refractivity contribution is -0.112. The Labute approximate surface area is 97.7 Å². The van der Waals surface area contributed by atoms with Crippen molar-refractivity contribution in [2.24, 2.45) is 0 Å². The van der Waals surface area contributed by atoms with Gasteiger partial charge in [0.15, 0.2) is 10.7 Å². The minimum absolute atomic E-state index is 0.717. The summed E-state index contributed by atoms with van der Waals surface area (Å²) >= 11 is 3.49. The molecule has 0 amide bonds. The highest BCUT2D eigenvalue weighted by Crippen LogP contribution is 2.38. The monoisotopic (exact) mass is 265 g/mol. The molecule has 1 unspecified atom stereocenters. The molecule has 0 radical (unpaired) electrons. The number of hydrogen-bond donors (Lipinski definition) is 0. The number of fused-ring (bicyclic) bond motifs is 1. The molecule has 0 N–H and O–H groups in total. The second kappa shape index (κ2) is 3.49. The van der Waals surface area contributed by atoms with Gasteiger partial charge in [0, 0.05) is 18.8 Å². The molecule has 1 aliphatic heterocycles. The Morgan fingerprint density at radius 2 is 2.20 bits per heavy atom. The molecule has 1 aromatic rings. The molecule has 15 heavy (non-hydrogen) atoms. The third-order valence-electron chi connectivity index (χ3n) is 2.73. The zero-order valence-electron chi connectivity index (χ0n) is 8.70. The lowest BCUT2D eigenvalue weighted by Gasteiger charge is -2.35. The van der Waals surface area contributed by atoms with Crippen LogP contribution in [-0.2, 0) is 9.24 Å². The average molecular weight is 266 g/mol. The zero-order valence-corrected chi connectivity index (χ0v) is 10.3. The molecular formula is C12H12BrNO. The predicted molar refractivity (Wildman–Crippen MR) is 64.6 cm³/mol. The first-order valence-corrected chi connectivity index (χ1v) is 5.55. The van der Waals surface area contributed by atoms with Gasteiger partial charge in [0.05, 0.1) is 0 Å². The molecular weight excluding hydrogens is 254 g/mol. The van der Waals surface area contributed by atoms with E-state index in [1.807, 2.05) is 43.3 Å². The number of likely N-dealkylation sites (N-methyl/N-ethyl adjacent to an activating group) is 1. The molecule has 0 aliphatic carbocycles. The summed E-state index contributed by atoms with van der Waals surface area (Å²) in [6, 6.07) is 6.09. The van der Waals surface area contributed by atoms with E-state index in [0.29, 0.717) is 0 Å². The molecule has 78 valence electrons. The largest absolute Gasteiger partial charge is 0.356 e. The third-order valence-corrected chi connectivity index (χ3v) is 3.91. The highest BCUT2D eigenvalue weighted by molar-refractivity contribution is 9.10. The topological polar surface area (TPSA) is 20.3 Å². The number of carbonyl (C=O) groups excluding carboxylic acids is 1. The normalized spacial score (nSPS) is 23.8. The van der Waals surface area contributed by atoms with Crippen LogP contribution in [0.5, 0.6) is 0 Å². The molecule has 3 heteroatoms. The van der Waals surface area contributed by atoms with Gasteiger partial charge in [-0.25, -0.2) is 0 Å². The molecule has 0 saturated carbocycles. The summed E-state index contributed by atoms with van der Waals surface area (Å²) in [6.45, 7) is 2.04. The van der Waals surface area contributed by atoms with Crippen molar-refractivity contribution in [1.82, 2.24) is 4.90 Å². The van der Waals surface area contributed by atoms with E-state index >= 15 is 0 Å². The molecule has 1 heterocycles. The maximum Gasteiger partial charge on any atom is 0.177 e. The summed E-state index contributed by atoms with van der Waals surface area (Å²) in [7, 11) is 1.88. The van der Waals surface area contributed by atoms with Crippen LogP contribution in [0.1, 0.15) is 16.7 Å². The molecule has 0 bridgehead atoms. The average Bonchev–Trinajstić information content (AvgIpc) is 2.23. The summed E-state index contributed by atoms with van der Waals surface area (Å²) in [5.41, 5.74) is 3.29. The number of hydrogen-bond acceptors (Lipinski definition) is 2. The van der Waals surface area contributed by atoms with E-state index < -0.39 is 4.45 Å². The van der Waals surface area contributed by atoms with Crippen molar-refractivity contribution in [3.8, 4) is 0 Å². The Bertz CT molecular complexity index is 441. The van der Waals surface area contributed by atoms with Crippen LogP contribution in [0.25, 0.3) is 6.08 Å². The van der Waals surface area contributed by atoms with Crippen LogP contribution in [-0.4, -0.2) is 18.2 Å². The van der Waals surface area contributed by atoms with E-state index in [4.69, 9.17) is 0 Å². The smallest absolute Gasteiger partial charge is 0.177 e. The minimum atomic E-state index is -0.717. The Balaban J connectivity index is 2.65. The van der Waals surface area contributed by atoms with Crippen molar-refractivity contribution in [3.63, 3.8) is 0 Å². The first-order valence-electron chi connectivity index (χ1n) is 4.75. The van der Waals surface area contributed by atoms with Gasteiger partial charge in [-0.2, -0.15) is 0 Å². The van der Waals surface area contributed by atoms with E-state index in [1.54, 1.807) is 0 Å². The van der Waals surface area contributed by atoms with Gasteiger partial charge in [0.2, 0.25) is 0 Å². The Hall–Kier alpha value is -1.09. The second-order valence-electron chi connectivity index (χ2n) is 3.81. The number of nitrogens with zero attached hydrogens (tertiary/aromatic N) is 1. The molecule has 2 rings (SSSR count). The van der Waals surface area contributed by atoms with Gasteiger partial charge >= 0.3 is 0 Å². The highest BCUT2D eigenvalue weighted by atomic mass is 79.9. The van der Waals surface area contributed by atoms with Gasteiger partial charge in [-0.3, -0.25) is 4.79 Å². The lowest BCUT2D eigenvalue weighted by atomic mass is 9.95. The highest BCUT2D eigenvalue weighted by Gasteiger charge is 2.35. The van der Waals surface area contributed by atoms with Crippen LogP contribution in [0.2, 0.25) is 0 Å². The Morgan fingerprint density at radius 1 is 1.47 bits per heavy atom. The maximum absolute atomic E-state index is 11.2. The fourth-order valence-electron chi connectivity index (χ4n) is 1.78. The van der Waals surface area contributed by atoms with Gasteiger partial charge in [0.25, 0.3) is 0 Å². The van der Waals surface area contributed by atoms with Crippen molar-refractivity contribution in [1.29, 1.82) is 0 Å². The Kier molecular flexibility index (Phi) is 2.43. The molecule has 0 saturated heterocycles. The van der Waals surface area contributed by atoms with Gasteiger partial charge in [-0.05, 0) is 34.5 Å². The third kappa shape index (κ3) is 1.51. The minimum Gasteiger partial charge on any atom is -0.356 e. The fraction of sp³-hybridized carbons (Fsp3) is 0.250. The fourth-order valence-corrected chi connectivity index (χ4v) is 2.26. The van der Waals surface area contributed by atoms with Crippen LogP contribution in [0.3, 0.4) is 0 Å². The summed E-state index contributed by atoms with van der Waals surface area (Å²) in [5.74, 6) is 0. The van der Waals surface area contributed by atoms with Gasteiger partial charge in [-0.15, -0.1) is 0 Å². The molecule has 2 nitrogen and oxygen atoms in total. The van der Waals surface area contributed by atoms with Crippen molar-refractivity contribution >= 4 is 28.3 Å². The van der Waals surface area contributed by atoms with Crippen molar-refractivity contribution in [2.75, 3.05) is 7.05 Å². The first-order chi connectivity index (χ1) is 7.08. The maximum atomic E-state index is 11.2. The van der Waals surface area contributed by atoms with E-state index in [1.165, 1.54) is 5.56 Å². The number of aldehydes is 1. The Morgan fingerprint density at radius 3 is 2.87 bits per heavy atom. The standard InChI is InChI=1S/C12H12BrNO/c1-9-3-4-11-10(7-9)5-6-14(2)12(11,13)8-15/h3-8H,1-2H3. The van der Waals surface area contributed by atoms with Crippen molar-refractivity contribution in [2.45, 2.75) is 11.4 Å². The molecule has 0 spiro atoms. The van der Waals surface area contributed by atoms with Gasteiger partial charge < -0.3 is 4.90 Å². The molecule has 1 atom stereocenters. The SMILES string of the molecule is Cc1ccc2c(c1)C=CN(C)C2(Br)C=O. The van der Waals surface area contributed by atoms with E-state index in [0.717, 1.165) is 17.4 Å². The zero-order chi connectivity index (χ0) is 11.1. The summed E-state index contributed by atoms with van der Waals surface area (Å²) in [4.78, 5) is 13.1. The first kappa shape index (κ1) is 10.4. The summed E-state index contributed by atoms with van der Waals surface area (Å²) in [6.07, 6.45) is 4.85. The molecule has 1 aromatic carbocycles. The van der Waals surface area contributed by atoms with Crippen LogP contribution >= 0.6 is 15.9 Å². The lowest BCUT2D eigenvalue weighted by Crippen LogP contribution is -2.38. The number of aryl methyl sites for hydroxylation is 1. The van der Waals surface area contributed by atoms with Crippen molar-refractivity contribution < 1.29 is 4.79 Å². The van der Waals surface area contributed by atoms with Crippen LogP contribution in [0.15, 0.2) is 24.4 Å². The second-order valence-corrected chi connectivity index (χ2v) is 5.02. The van der Waals surface area contributed by atoms with Crippen LogP contribution in [0, 0.1) is 6.92 Å². The number of halogens is 1. The van der Waals surface area contributed by atoms with E-state index in [-0.39, 0.29) is 0 Å². The summed E-state index contributed by atoms with van der Waals surface area (Å²) in [5, 5.41) is 0. The number of alkyl halides is 1. The predicted octanol–water partition coefficient (Wildman–Crippen LogP) is 2.66. The van der Waals surface area contributed by atoms with E-state index in [2.05, 4.69) is 22.0 Å². The van der Waals surface area contributed by atoms with Gasteiger partial charge in [-0.1, -0.05) is 23.8 Å². The molecule has 0 fully saturated rings. The van der Waals surface area contributed by atoms with Crippen molar-refractivity contribution in [3.05, 3.63) is 41.1 Å². The number of benzene rings is 1. The van der Waals surface area contributed by atoms with Gasteiger partial charge in [0.1, 0.15) is 0 Å².